The van der Waals surface area contributed by atoms with Crippen molar-refractivity contribution in [2.24, 2.45) is 10.2 Å². The smallest absolute Gasteiger partial charge is 0.231 e. The molecule has 0 bridgehead atoms. The Morgan fingerprint density at radius 3 is 2.52 bits per heavy atom. The summed E-state index contributed by atoms with van der Waals surface area (Å²) >= 11 is 5.05. The Kier molecular flexibility index (Phi) is 6.70. The summed E-state index contributed by atoms with van der Waals surface area (Å²) in [5, 5.41) is 10.9. The van der Waals surface area contributed by atoms with E-state index in [-0.39, 0.29) is 23.8 Å². The summed E-state index contributed by atoms with van der Waals surface area (Å²) in [5.74, 6) is 1.48. The molecule has 1 aliphatic rings. The van der Waals surface area contributed by atoms with Crippen LogP contribution in [0.1, 0.15) is 5.56 Å². The first-order chi connectivity index (χ1) is 14.8. The minimum absolute atomic E-state index is 0. The zero-order chi connectivity index (χ0) is 20.3. The molecule has 0 saturated carbocycles. The Morgan fingerprint density at radius 1 is 0.935 bits per heavy atom. The molecule has 156 valence electrons. The van der Waals surface area contributed by atoms with Gasteiger partial charge < -0.3 is 9.47 Å². The van der Waals surface area contributed by atoms with Crippen molar-refractivity contribution in [1.29, 1.82) is 0 Å². The molecule has 2 heterocycles. The van der Waals surface area contributed by atoms with E-state index < -0.39 is 0 Å². The number of benzene rings is 3. The van der Waals surface area contributed by atoms with Crippen LogP contribution in [0.25, 0.3) is 16.9 Å². The number of para-hydroxylation sites is 1. The standard InChI is InChI=1S/C23H16BrN3O2S.BrH/c24-18-9-7-17(8-10-18)20-14-30-23(27(20)19-4-2-1-3-5-19)26-25-13-16-6-11-21-22(12-16)29-15-28-21;/h1-14H,15H2;1H/b25-13+,26-23+;. The summed E-state index contributed by atoms with van der Waals surface area (Å²) in [4.78, 5) is 0.788. The Balaban J connectivity index is 0.00000231. The van der Waals surface area contributed by atoms with Gasteiger partial charge in [-0.15, -0.1) is 33.4 Å². The highest BCUT2D eigenvalue weighted by Crippen LogP contribution is 2.32. The van der Waals surface area contributed by atoms with Gasteiger partial charge in [0, 0.05) is 15.5 Å². The maximum Gasteiger partial charge on any atom is 0.231 e. The maximum atomic E-state index is 5.42. The number of aromatic nitrogens is 1. The molecule has 5 rings (SSSR count). The monoisotopic (exact) mass is 557 g/mol. The summed E-state index contributed by atoms with van der Waals surface area (Å²) in [5.41, 5.74) is 4.11. The third-order valence-corrected chi connectivity index (χ3v) is 5.95. The van der Waals surface area contributed by atoms with Gasteiger partial charge in [0.15, 0.2) is 11.5 Å². The van der Waals surface area contributed by atoms with Crippen LogP contribution in [0.4, 0.5) is 0 Å². The molecule has 1 aromatic heterocycles. The van der Waals surface area contributed by atoms with E-state index in [2.05, 4.69) is 60.3 Å². The Labute approximate surface area is 202 Å². The largest absolute Gasteiger partial charge is 0.454 e. The summed E-state index contributed by atoms with van der Waals surface area (Å²) in [6.45, 7) is 0.255. The molecular weight excluding hydrogens is 542 g/mol. The number of fused-ring (bicyclic) bond motifs is 1. The van der Waals surface area contributed by atoms with Crippen molar-refractivity contribution in [3.8, 4) is 28.4 Å². The van der Waals surface area contributed by atoms with Crippen LogP contribution < -0.4 is 14.3 Å². The maximum absolute atomic E-state index is 5.42. The van der Waals surface area contributed by atoms with Gasteiger partial charge in [-0.1, -0.05) is 46.3 Å². The van der Waals surface area contributed by atoms with Gasteiger partial charge in [0.1, 0.15) is 0 Å². The summed E-state index contributed by atoms with van der Waals surface area (Å²) in [6, 6.07) is 24.1. The van der Waals surface area contributed by atoms with E-state index in [1.807, 2.05) is 48.5 Å². The van der Waals surface area contributed by atoms with E-state index in [1.165, 1.54) is 0 Å². The van der Waals surface area contributed by atoms with E-state index in [0.29, 0.717) is 0 Å². The number of hydrogen-bond donors (Lipinski definition) is 0. The highest BCUT2D eigenvalue weighted by molar-refractivity contribution is 9.10. The first-order valence-corrected chi connectivity index (χ1v) is 10.9. The predicted octanol–water partition coefficient (Wildman–Crippen LogP) is 6.21. The van der Waals surface area contributed by atoms with Crippen molar-refractivity contribution in [2.75, 3.05) is 6.79 Å². The number of nitrogens with zero attached hydrogens (tertiary/aromatic N) is 3. The van der Waals surface area contributed by atoms with Crippen molar-refractivity contribution in [3.05, 3.63) is 93.0 Å². The minimum Gasteiger partial charge on any atom is -0.454 e. The quantitative estimate of drug-likeness (QED) is 0.221. The second-order valence-corrected chi connectivity index (χ2v) is 8.29. The SMILES string of the molecule is Br.Brc1ccc(-c2cs/c(=N/N=C/c3ccc4c(c3)OCO4)n2-c2ccccc2)cc1. The molecule has 0 N–H and O–H groups in total. The van der Waals surface area contributed by atoms with E-state index in [1.54, 1.807) is 17.6 Å². The van der Waals surface area contributed by atoms with E-state index in [4.69, 9.17) is 9.47 Å². The summed E-state index contributed by atoms with van der Waals surface area (Å²) in [6.07, 6.45) is 1.72. The molecule has 0 saturated heterocycles. The lowest BCUT2D eigenvalue weighted by atomic mass is 10.1. The van der Waals surface area contributed by atoms with Crippen LogP contribution in [-0.2, 0) is 0 Å². The van der Waals surface area contributed by atoms with Gasteiger partial charge in [0.05, 0.1) is 11.9 Å². The van der Waals surface area contributed by atoms with Gasteiger partial charge in [0.25, 0.3) is 0 Å². The van der Waals surface area contributed by atoms with Gasteiger partial charge in [-0.3, -0.25) is 4.57 Å². The first-order valence-electron chi connectivity index (χ1n) is 9.26. The van der Waals surface area contributed by atoms with Crippen molar-refractivity contribution < 1.29 is 9.47 Å². The van der Waals surface area contributed by atoms with Crippen molar-refractivity contribution in [1.82, 2.24) is 4.57 Å². The molecule has 0 unspecified atom stereocenters. The molecule has 0 radical (unpaired) electrons. The lowest BCUT2D eigenvalue weighted by Crippen LogP contribution is -2.13. The number of halogens is 2. The van der Waals surface area contributed by atoms with Crippen molar-refractivity contribution >= 4 is 50.5 Å². The van der Waals surface area contributed by atoms with Gasteiger partial charge in [-0.25, -0.2) is 0 Å². The molecule has 0 atom stereocenters. The molecule has 0 amide bonds. The Bertz CT molecular complexity index is 1280. The van der Waals surface area contributed by atoms with Crippen molar-refractivity contribution in [2.45, 2.75) is 0 Å². The van der Waals surface area contributed by atoms with Gasteiger partial charge in [-0.2, -0.15) is 5.10 Å². The fraction of sp³-hybridized carbons (Fsp3) is 0.0435. The average Bonchev–Trinajstić information content (AvgIpc) is 3.42. The zero-order valence-corrected chi connectivity index (χ0v) is 20.3. The summed E-state index contributed by atoms with van der Waals surface area (Å²) in [7, 11) is 0. The minimum atomic E-state index is 0. The topological polar surface area (TPSA) is 48.1 Å². The Hall–Kier alpha value is -2.68. The molecule has 0 fully saturated rings. The molecule has 1 aliphatic heterocycles. The zero-order valence-electron chi connectivity index (χ0n) is 16.1. The lowest BCUT2D eigenvalue weighted by Gasteiger charge is -2.09. The van der Waals surface area contributed by atoms with Gasteiger partial charge in [0.2, 0.25) is 11.6 Å². The number of ether oxygens (including phenoxy) is 2. The number of thiazole rings is 1. The van der Waals surface area contributed by atoms with Crippen LogP contribution >= 0.6 is 44.2 Å². The molecule has 5 nitrogen and oxygen atoms in total. The van der Waals surface area contributed by atoms with Crippen LogP contribution in [0, 0.1) is 0 Å². The molecule has 4 aromatic rings. The highest BCUT2D eigenvalue weighted by Gasteiger charge is 2.12. The van der Waals surface area contributed by atoms with Crippen LogP contribution in [0.5, 0.6) is 11.5 Å². The van der Waals surface area contributed by atoms with Gasteiger partial charge >= 0.3 is 0 Å². The van der Waals surface area contributed by atoms with Crippen molar-refractivity contribution in [3.63, 3.8) is 0 Å². The normalized spacial score (nSPS) is 12.9. The molecular formula is C23H17Br2N3O2S. The molecule has 3 aromatic carbocycles. The lowest BCUT2D eigenvalue weighted by molar-refractivity contribution is 0.174. The second-order valence-electron chi connectivity index (χ2n) is 6.54. The first kappa shape index (κ1) is 21.5. The number of rotatable bonds is 4. The Morgan fingerprint density at radius 2 is 1.71 bits per heavy atom. The molecule has 0 spiro atoms. The van der Waals surface area contributed by atoms with Gasteiger partial charge in [-0.05, 0) is 53.6 Å². The fourth-order valence-electron chi connectivity index (χ4n) is 3.17. The van der Waals surface area contributed by atoms with E-state index >= 15 is 0 Å². The molecule has 0 aliphatic carbocycles. The van der Waals surface area contributed by atoms with E-state index in [9.17, 15) is 0 Å². The average molecular weight is 559 g/mol. The fourth-order valence-corrected chi connectivity index (χ4v) is 4.29. The van der Waals surface area contributed by atoms with Crippen LogP contribution in [0.2, 0.25) is 0 Å². The molecule has 8 heteroatoms. The predicted molar refractivity (Wildman–Crippen MR) is 133 cm³/mol. The van der Waals surface area contributed by atoms with Crippen LogP contribution in [-0.4, -0.2) is 17.6 Å². The van der Waals surface area contributed by atoms with E-state index in [0.717, 1.165) is 43.3 Å². The van der Waals surface area contributed by atoms with Crippen LogP contribution in [0.3, 0.4) is 0 Å². The summed E-state index contributed by atoms with van der Waals surface area (Å²) < 4.78 is 13.9. The van der Waals surface area contributed by atoms with Crippen LogP contribution in [0.15, 0.2) is 92.9 Å². The third-order valence-electron chi connectivity index (χ3n) is 4.61. The third kappa shape index (κ3) is 4.66. The second kappa shape index (κ2) is 9.64. The highest BCUT2D eigenvalue weighted by atomic mass is 79.9. The molecule has 31 heavy (non-hydrogen) atoms. The number of hydrogen-bond acceptors (Lipinski definition) is 5.